The van der Waals surface area contributed by atoms with Crippen LogP contribution in [0.5, 0.6) is 11.5 Å². The molecule has 3 rings (SSSR count). The van der Waals surface area contributed by atoms with Gasteiger partial charge in [-0.1, -0.05) is 23.2 Å². The summed E-state index contributed by atoms with van der Waals surface area (Å²) >= 11 is 11.4. The van der Waals surface area contributed by atoms with Gasteiger partial charge >= 0.3 is 11.9 Å². The van der Waals surface area contributed by atoms with Gasteiger partial charge in [0.25, 0.3) is 5.56 Å². The van der Waals surface area contributed by atoms with Crippen LogP contribution in [-0.2, 0) is 16.1 Å². The Hall–Kier alpha value is -3.11. The lowest BCUT2D eigenvalue weighted by Gasteiger charge is -2.18. The molecule has 0 atom stereocenters. The average molecular weight is 431 g/mol. The third-order valence-corrected chi connectivity index (χ3v) is 4.03. The molecule has 1 aliphatic rings. The summed E-state index contributed by atoms with van der Waals surface area (Å²) < 4.78 is 11.8. The summed E-state index contributed by atoms with van der Waals surface area (Å²) in [5.74, 6) is -2.85. The van der Waals surface area contributed by atoms with Gasteiger partial charge in [0.15, 0.2) is 17.3 Å². The van der Waals surface area contributed by atoms with Crippen molar-refractivity contribution < 1.29 is 34.1 Å². The third-order valence-electron chi connectivity index (χ3n) is 3.28. The summed E-state index contributed by atoms with van der Waals surface area (Å²) in [5.41, 5.74) is -0.218. The minimum absolute atomic E-state index is 0.0506. The minimum atomic E-state index is -1.82. The molecule has 1 aromatic carbocycles. The summed E-state index contributed by atoms with van der Waals surface area (Å²) in [6, 6.07) is 4.85. The zero-order valence-corrected chi connectivity index (χ0v) is 15.4. The van der Waals surface area contributed by atoms with Gasteiger partial charge in [-0.3, -0.25) is 9.59 Å². The molecule has 0 amide bonds. The Morgan fingerprint density at radius 2 is 1.68 bits per heavy atom. The van der Waals surface area contributed by atoms with Crippen molar-refractivity contribution in [3.8, 4) is 11.5 Å². The maximum atomic E-state index is 12.3. The molecule has 12 heteroatoms. The molecule has 148 valence electrons. The molecule has 1 aliphatic heterocycles. The number of ether oxygens (including phenoxy) is 2. The topological polar surface area (TPSA) is 145 Å². The number of carboxylic acid groups (broad SMARTS) is 2. The number of carboxylic acids is 2. The molecular weight excluding hydrogens is 419 g/mol. The van der Waals surface area contributed by atoms with Crippen LogP contribution in [0.25, 0.3) is 0 Å². The van der Waals surface area contributed by atoms with Crippen LogP contribution < -0.4 is 15.0 Å². The number of Topliss-reactive ketones (excluding diaryl/α,β-unsaturated/α-hetero) is 1. The summed E-state index contributed by atoms with van der Waals surface area (Å²) in [6.07, 6.45) is 1.22. The molecule has 0 saturated heterocycles. The predicted octanol–water partition coefficient (Wildman–Crippen LogP) is 1.36. The van der Waals surface area contributed by atoms with E-state index >= 15 is 0 Å². The molecule has 0 bridgehead atoms. The number of halogens is 2. The largest absolute Gasteiger partial charge is 0.486 e. The molecule has 0 radical (unpaired) electrons. The number of hydrogen-bond donors (Lipinski definition) is 2. The number of hydrogen-bond acceptors (Lipinski definition) is 7. The number of ketones is 1. The van der Waals surface area contributed by atoms with E-state index in [0.29, 0.717) is 30.3 Å². The van der Waals surface area contributed by atoms with Crippen molar-refractivity contribution in [3.05, 3.63) is 50.4 Å². The van der Waals surface area contributed by atoms with E-state index < -0.39 is 17.5 Å². The van der Waals surface area contributed by atoms with Gasteiger partial charge in [0.2, 0.25) is 0 Å². The van der Waals surface area contributed by atoms with Gasteiger partial charge in [0.1, 0.15) is 24.8 Å². The highest BCUT2D eigenvalue weighted by Gasteiger charge is 2.17. The monoisotopic (exact) mass is 430 g/mol. The highest BCUT2D eigenvalue weighted by molar-refractivity contribution is 6.41. The van der Waals surface area contributed by atoms with Crippen LogP contribution in [-0.4, -0.2) is 50.9 Å². The number of rotatable bonds is 3. The second kappa shape index (κ2) is 9.20. The second-order valence-electron chi connectivity index (χ2n) is 5.16. The van der Waals surface area contributed by atoms with E-state index in [1.165, 1.54) is 6.20 Å². The Morgan fingerprint density at radius 1 is 1.07 bits per heavy atom. The van der Waals surface area contributed by atoms with E-state index in [9.17, 15) is 9.59 Å². The lowest BCUT2D eigenvalue weighted by atomic mass is 10.1. The minimum Gasteiger partial charge on any atom is -0.486 e. The zero-order chi connectivity index (χ0) is 20.8. The average Bonchev–Trinajstić information content (AvgIpc) is 2.68. The first-order chi connectivity index (χ1) is 13.2. The van der Waals surface area contributed by atoms with Crippen molar-refractivity contribution in [1.82, 2.24) is 9.78 Å². The van der Waals surface area contributed by atoms with Crippen LogP contribution in [0.4, 0.5) is 0 Å². The molecule has 0 saturated carbocycles. The van der Waals surface area contributed by atoms with Gasteiger partial charge in [-0.2, -0.15) is 5.10 Å². The molecular formula is C16H12Cl2N2O8. The molecule has 0 spiro atoms. The van der Waals surface area contributed by atoms with Crippen LogP contribution in [0.3, 0.4) is 0 Å². The summed E-state index contributed by atoms with van der Waals surface area (Å²) in [5, 5.41) is 18.5. The normalized spacial score (nSPS) is 11.8. The van der Waals surface area contributed by atoms with Crippen molar-refractivity contribution in [1.29, 1.82) is 0 Å². The second-order valence-corrected chi connectivity index (χ2v) is 5.95. The van der Waals surface area contributed by atoms with Crippen LogP contribution in [0, 0.1) is 0 Å². The number of aliphatic carboxylic acids is 2. The molecule has 0 fully saturated rings. The fourth-order valence-electron chi connectivity index (χ4n) is 2.00. The zero-order valence-electron chi connectivity index (χ0n) is 13.9. The van der Waals surface area contributed by atoms with Crippen molar-refractivity contribution in [2.24, 2.45) is 0 Å². The van der Waals surface area contributed by atoms with Gasteiger partial charge < -0.3 is 19.7 Å². The smallest absolute Gasteiger partial charge is 0.414 e. The van der Waals surface area contributed by atoms with E-state index in [0.717, 1.165) is 4.68 Å². The third kappa shape index (κ3) is 5.21. The van der Waals surface area contributed by atoms with Gasteiger partial charge in [0.05, 0.1) is 11.2 Å². The van der Waals surface area contributed by atoms with Gasteiger partial charge in [0, 0.05) is 5.56 Å². The Labute approximate surface area is 166 Å². The number of nitrogens with zero attached hydrogens (tertiary/aromatic N) is 2. The van der Waals surface area contributed by atoms with Crippen LogP contribution in [0.2, 0.25) is 10.0 Å². The molecule has 2 aromatic rings. The highest BCUT2D eigenvalue weighted by Crippen LogP contribution is 2.30. The highest BCUT2D eigenvalue weighted by atomic mass is 35.5. The van der Waals surface area contributed by atoms with Gasteiger partial charge in [-0.15, -0.1) is 0 Å². The Bertz CT molecular complexity index is 977. The molecule has 10 nitrogen and oxygen atoms in total. The lowest BCUT2D eigenvalue weighted by molar-refractivity contribution is -0.159. The van der Waals surface area contributed by atoms with Crippen molar-refractivity contribution in [2.75, 3.05) is 13.2 Å². The maximum Gasteiger partial charge on any atom is 0.414 e. The van der Waals surface area contributed by atoms with Crippen molar-refractivity contribution >= 4 is 40.9 Å². The predicted molar refractivity (Wildman–Crippen MR) is 95.6 cm³/mol. The molecule has 0 aliphatic carbocycles. The standard InChI is InChI=1S/C14H10Cl2N2O4.C2H2O4/c15-9-6-17-18(14(20)13(9)16)7-10(19)8-1-2-11-12(5-8)22-4-3-21-11;3-1(4)2(5)6/h1-2,5-6H,3-4,7H2;(H,3,4)(H,5,6). The van der Waals surface area contributed by atoms with Crippen LogP contribution >= 0.6 is 23.2 Å². The first-order valence-corrected chi connectivity index (χ1v) is 8.26. The fourth-order valence-corrected chi connectivity index (χ4v) is 2.27. The lowest BCUT2D eigenvalue weighted by Crippen LogP contribution is -2.27. The van der Waals surface area contributed by atoms with E-state index in [1.54, 1.807) is 18.2 Å². The van der Waals surface area contributed by atoms with Crippen molar-refractivity contribution in [3.63, 3.8) is 0 Å². The molecule has 2 N–H and O–H groups in total. The molecule has 2 heterocycles. The fraction of sp³-hybridized carbons (Fsp3) is 0.188. The summed E-state index contributed by atoms with van der Waals surface area (Å²) in [4.78, 5) is 42.4. The number of benzene rings is 1. The van der Waals surface area contributed by atoms with E-state index in [-0.39, 0.29) is 22.4 Å². The van der Waals surface area contributed by atoms with E-state index in [1.807, 2.05) is 0 Å². The first kappa shape index (κ1) is 21.2. The number of carbonyl (C=O) groups is 3. The van der Waals surface area contributed by atoms with Crippen LogP contribution in [0.1, 0.15) is 10.4 Å². The molecule has 0 unspecified atom stereocenters. The molecule has 28 heavy (non-hydrogen) atoms. The van der Waals surface area contributed by atoms with Gasteiger partial charge in [-0.05, 0) is 18.2 Å². The number of carbonyl (C=O) groups excluding carboxylic acids is 1. The first-order valence-electron chi connectivity index (χ1n) is 7.51. The van der Waals surface area contributed by atoms with E-state index in [2.05, 4.69) is 5.10 Å². The van der Waals surface area contributed by atoms with Crippen LogP contribution in [0.15, 0.2) is 29.2 Å². The Balaban J connectivity index is 0.000000409. The van der Waals surface area contributed by atoms with Crippen molar-refractivity contribution in [2.45, 2.75) is 6.54 Å². The Morgan fingerprint density at radius 3 is 2.29 bits per heavy atom. The summed E-state index contributed by atoms with van der Waals surface area (Å²) in [7, 11) is 0. The Kier molecular flexibility index (Phi) is 6.96. The quantitative estimate of drug-likeness (QED) is 0.543. The SMILES string of the molecule is O=C(Cn1ncc(Cl)c(Cl)c1=O)c1ccc2c(c1)OCCO2.O=C(O)C(=O)O. The number of aromatic nitrogens is 2. The summed E-state index contributed by atoms with van der Waals surface area (Å²) in [6.45, 7) is 0.663. The number of fused-ring (bicyclic) bond motifs is 1. The van der Waals surface area contributed by atoms with Gasteiger partial charge in [-0.25, -0.2) is 14.3 Å². The van der Waals surface area contributed by atoms with E-state index in [4.69, 9.17) is 52.5 Å². The molecule has 1 aromatic heterocycles. The maximum absolute atomic E-state index is 12.3.